The van der Waals surface area contributed by atoms with E-state index < -0.39 is 11.9 Å². The minimum atomic E-state index is -0.790. The zero-order valence-corrected chi connectivity index (χ0v) is 13.3. The summed E-state index contributed by atoms with van der Waals surface area (Å²) in [6.45, 7) is 9.33. The topological polar surface area (TPSA) is 58.6 Å². The van der Waals surface area contributed by atoms with E-state index in [4.69, 9.17) is 9.84 Å². The second kappa shape index (κ2) is 9.53. The van der Waals surface area contributed by atoms with Gasteiger partial charge in [0, 0.05) is 19.8 Å². The number of benzene rings is 1. The van der Waals surface area contributed by atoms with Crippen LogP contribution in [0.4, 0.5) is 0 Å². The molecule has 0 radical (unpaired) electrons. The van der Waals surface area contributed by atoms with Gasteiger partial charge in [-0.25, -0.2) is 0 Å². The van der Waals surface area contributed by atoms with Crippen molar-refractivity contribution in [1.29, 1.82) is 0 Å². The minimum Gasteiger partial charge on any atom is -0.481 e. The van der Waals surface area contributed by atoms with Gasteiger partial charge in [-0.1, -0.05) is 38.1 Å². The molecule has 1 atom stereocenters. The van der Waals surface area contributed by atoms with Crippen molar-refractivity contribution < 1.29 is 14.6 Å². The number of nitrogens with one attached hydrogen (secondary N) is 1. The number of carbonyl (C=O) groups is 1. The molecule has 0 spiro atoms. The predicted octanol–water partition coefficient (Wildman–Crippen LogP) is 3.03. The van der Waals surface area contributed by atoms with Crippen LogP contribution in [0.3, 0.4) is 0 Å². The standard InChI is InChI=1S/C17H27NO3/c1-13(2)12-21-10-4-9-18-11-15-5-7-16(8-6-15)14(3)17(19)20/h5-8,13-14,18H,4,9-12H2,1-3H3,(H,19,20). The quantitative estimate of drug-likeness (QED) is 0.651. The number of ether oxygens (including phenoxy) is 1. The van der Waals surface area contributed by atoms with Crippen LogP contribution in [-0.2, 0) is 16.1 Å². The fraction of sp³-hybridized carbons (Fsp3) is 0.588. The number of hydrogen-bond donors (Lipinski definition) is 2. The second-order valence-corrected chi connectivity index (χ2v) is 5.80. The van der Waals surface area contributed by atoms with Gasteiger partial charge in [-0.15, -0.1) is 0 Å². The van der Waals surface area contributed by atoms with E-state index in [1.165, 1.54) is 5.56 Å². The summed E-state index contributed by atoms with van der Waals surface area (Å²) < 4.78 is 5.52. The van der Waals surface area contributed by atoms with E-state index in [0.717, 1.165) is 38.3 Å². The van der Waals surface area contributed by atoms with E-state index in [-0.39, 0.29) is 0 Å². The maximum Gasteiger partial charge on any atom is 0.310 e. The molecule has 0 saturated heterocycles. The fourth-order valence-electron chi connectivity index (χ4n) is 1.92. The van der Waals surface area contributed by atoms with Crippen molar-refractivity contribution in [2.75, 3.05) is 19.8 Å². The Morgan fingerprint density at radius 3 is 2.48 bits per heavy atom. The molecule has 0 bridgehead atoms. The lowest BCUT2D eigenvalue weighted by Crippen LogP contribution is -2.17. The molecule has 0 saturated carbocycles. The highest BCUT2D eigenvalue weighted by molar-refractivity contribution is 5.75. The van der Waals surface area contributed by atoms with Crippen LogP contribution in [0.2, 0.25) is 0 Å². The zero-order valence-electron chi connectivity index (χ0n) is 13.3. The third-order valence-corrected chi connectivity index (χ3v) is 3.27. The number of carboxylic acid groups (broad SMARTS) is 1. The molecule has 1 rings (SSSR count). The minimum absolute atomic E-state index is 0.454. The van der Waals surface area contributed by atoms with Gasteiger partial charge in [-0.2, -0.15) is 0 Å². The van der Waals surface area contributed by atoms with Crippen molar-refractivity contribution in [3.63, 3.8) is 0 Å². The maximum absolute atomic E-state index is 10.9. The van der Waals surface area contributed by atoms with E-state index in [0.29, 0.717) is 5.92 Å². The van der Waals surface area contributed by atoms with Crippen molar-refractivity contribution in [3.05, 3.63) is 35.4 Å². The normalized spacial score (nSPS) is 12.6. The van der Waals surface area contributed by atoms with Crippen LogP contribution < -0.4 is 5.32 Å². The molecule has 0 aliphatic rings. The van der Waals surface area contributed by atoms with Crippen LogP contribution in [0.15, 0.2) is 24.3 Å². The molecule has 2 N–H and O–H groups in total. The number of hydrogen-bond acceptors (Lipinski definition) is 3. The Balaban J connectivity index is 2.20. The van der Waals surface area contributed by atoms with E-state index in [1.54, 1.807) is 6.92 Å². The summed E-state index contributed by atoms with van der Waals surface area (Å²) in [6.07, 6.45) is 1.00. The molecule has 4 heteroatoms. The highest BCUT2D eigenvalue weighted by Crippen LogP contribution is 2.15. The first-order valence-electron chi connectivity index (χ1n) is 7.60. The van der Waals surface area contributed by atoms with Crippen LogP contribution in [0.1, 0.15) is 44.2 Å². The summed E-state index contributed by atoms with van der Waals surface area (Å²) in [5, 5.41) is 12.3. The van der Waals surface area contributed by atoms with Crippen LogP contribution in [0.5, 0.6) is 0 Å². The van der Waals surface area contributed by atoms with Gasteiger partial charge in [-0.3, -0.25) is 4.79 Å². The van der Waals surface area contributed by atoms with Gasteiger partial charge in [0.2, 0.25) is 0 Å². The first kappa shape index (κ1) is 17.7. The average Bonchev–Trinajstić information content (AvgIpc) is 2.45. The molecule has 0 fully saturated rings. The highest BCUT2D eigenvalue weighted by Gasteiger charge is 2.12. The molecular weight excluding hydrogens is 266 g/mol. The lowest BCUT2D eigenvalue weighted by molar-refractivity contribution is -0.138. The summed E-state index contributed by atoms with van der Waals surface area (Å²) in [6, 6.07) is 7.75. The maximum atomic E-state index is 10.9. The Kier molecular flexibility index (Phi) is 8.01. The summed E-state index contributed by atoms with van der Waals surface area (Å²) in [5.74, 6) is -0.656. The van der Waals surface area contributed by atoms with Crippen LogP contribution >= 0.6 is 0 Å². The molecule has 1 unspecified atom stereocenters. The van der Waals surface area contributed by atoms with Crippen molar-refractivity contribution >= 4 is 5.97 Å². The van der Waals surface area contributed by atoms with Gasteiger partial charge >= 0.3 is 5.97 Å². The summed E-state index contributed by atoms with van der Waals surface area (Å²) in [4.78, 5) is 10.9. The van der Waals surface area contributed by atoms with Crippen molar-refractivity contribution in [2.24, 2.45) is 5.92 Å². The molecule has 21 heavy (non-hydrogen) atoms. The molecule has 0 aliphatic carbocycles. The number of rotatable bonds is 10. The Morgan fingerprint density at radius 2 is 1.90 bits per heavy atom. The summed E-state index contributed by atoms with van der Waals surface area (Å²) in [5.41, 5.74) is 2.01. The highest BCUT2D eigenvalue weighted by atomic mass is 16.5. The van der Waals surface area contributed by atoms with E-state index in [9.17, 15) is 4.79 Å². The predicted molar refractivity (Wildman–Crippen MR) is 84.5 cm³/mol. The third-order valence-electron chi connectivity index (χ3n) is 3.27. The Hall–Kier alpha value is -1.39. The summed E-state index contributed by atoms with van der Waals surface area (Å²) >= 11 is 0. The Morgan fingerprint density at radius 1 is 1.24 bits per heavy atom. The molecule has 0 heterocycles. The van der Waals surface area contributed by atoms with E-state index >= 15 is 0 Å². The molecule has 0 aliphatic heterocycles. The number of aliphatic carboxylic acids is 1. The first-order chi connectivity index (χ1) is 10.0. The van der Waals surface area contributed by atoms with Gasteiger partial charge in [-0.05, 0) is 36.9 Å². The lowest BCUT2D eigenvalue weighted by atomic mass is 10.0. The van der Waals surface area contributed by atoms with Gasteiger partial charge in [0.1, 0.15) is 0 Å². The third kappa shape index (κ3) is 7.25. The lowest BCUT2D eigenvalue weighted by Gasteiger charge is -2.09. The molecule has 1 aromatic rings. The zero-order chi connectivity index (χ0) is 15.7. The largest absolute Gasteiger partial charge is 0.481 e. The second-order valence-electron chi connectivity index (χ2n) is 5.80. The number of carboxylic acids is 1. The van der Waals surface area contributed by atoms with Gasteiger partial charge in [0.25, 0.3) is 0 Å². The average molecular weight is 293 g/mol. The SMILES string of the molecule is CC(C)COCCCNCc1ccc(C(C)C(=O)O)cc1. The molecular formula is C17H27NO3. The van der Waals surface area contributed by atoms with Crippen LogP contribution in [0.25, 0.3) is 0 Å². The smallest absolute Gasteiger partial charge is 0.310 e. The first-order valence-corrected chi connectivity index (χ1v) is 7.60. The molecule has 0 amide bonds. The van der Waals surface area contributed by atoms with E-state index in [2.05, 4.69) is 19.2 Å². The molecule has 0 aromatic heterocycles. The molecule has 1 aromatic carbocycles. The summed E-state index contributed by atoms with van der Waals surface area (Å²) in [7, 11) is 0. The van der Waals surface area contributed by atoms with Crippen LogP contribution in [0, 0.1) is 5.92 Å². The van der Waals surface area contributed by atoms with Crippen molar-refractivity contribution in [3.8, 4) is 0 Å². The van der Waals surface area contributed by atoms with Gasteiger partial charge in [0.15, 0.2) is 0 Å². The Bertz CT molecular complexity index is 415. The Labute approximate surface area is 127 Å². The monoisotopic (exact) mass is 293 g/mol. The van der Waals surface area contributed by atoms with Crippen molar-refractivity contribution in [1.82, 2.24) is 5.32 Å². The van der Waals surface area contributed by atoms with Gasteiger partial charge < -0.3 is 15.2 Å². The van der Waals surface area contributed by atoms with Crippen LogP contribution in [-0.4, -0.2) is 30.8 Å². The van der Waals surface area contributed by atoms with E-state index in [1.807, 2.05) is 24.3 Å². The van der Waals surface area contributed by atoms with Gasteiger partial charge in [0.05, 0.1) is 5.92 Å². The molecule has 4 nitrogen and oxygen atoms in total. The van der Waals surface area contributed by atoms with Crippen molar-refractivity contribution in [2.45, 2.75) is 39.7 Å². The fourth-order valence-corrected chi connectivity index (χ4v) is 1.92. The molecule has 118 valence electrons.